The number of rotatable bonds is 7. The summed E-state index contributed by atoms with van der Waals surface area (Å²) >= 11 is 1.41. The second-order valence-corrected chi connectivity index (χ2v) is 10.1. The molecule has 0 unspecified atom stereocenters. The highest BCUT2D eigenvalue weighted by Gasteiger charge is 2.42. The number of ether oxygens (including phenoxy) is 1. The van der Waals surface area contributed by atoms with Gasteiger partial charge in [-0.1, -0.05) is 18.2 Å². The number of thiophene rings is 1. The molecule has 2 aromatic heterocycles. The lowest BCUT2D eigenvalue weighted by Crippen LogP contribution is -2.53. The van der Waals surface area contributed by atoms with Gasteiger partial charge in [-0.25, -0.2) is 0 Å². The van der Waals surface area contributed by atoms with Crippen LogP contribution in [0.4, 0.5) is 17.6 Å². The van der Waals surface area contributed by atoms with E-state index in [1.807, 2.05) is 43.3 Å². The van der Waals surface area contributed by atoms with Crippen molar-refractivity contribution in [2.75, 3.05) is 32.9 Å². The van der Waals surface area contributed by atoms with Crippen LogP contribution in [0.1, 0.15) is 35.5 Å². The average Bonchev–Trinajstić information content (AvgIpc) is 3.34. The van der Waals surface area contributed by atoms with Crippen LogP contribution in [-0.4, -0.2) is 66.0 Å². The molecular weight excluding hydrogens is 454 g/mol. The van der Waals surface area contributed by atoms with Gasteiger partial charge in [0, 0.05) is 47.2 Å². The zero-order valence-corrected chi connectivity index (χ0v) is 19.2. The largest absolute Gasteiger partial charge is 0.478 e. The molecule has 0 amide bonds. The average molecular weight is 482 g/mol. The van der Waals surface area contributed by atoms with Crippen LogP contribution in [0.5, 0.6) is 5.06 Å². The number of fused-ring (bicyclic) bond motifs is 3. The van der Waals surface area contributed by atoms with Crippen molar-refractivity contribution in [1.29, 1.82) is 0 Å². The molecule has 9 heteroatoms. The Balaban J connectivity index is 1.42. The summed E-state index contributed by atoms with van der Waals surface area (Å²) < 4.78 is 59.0. The van der Waals surface area contributed by atoms with Crippen LogP contribution in [0.2, 0.25) is 0 Å². The topological polar surface area (TPSA) is 31.5 Å². The lowest BCUT2D eigenvalue weighted by atomic mass is 9.91. The van der Waals surface area contributed by atoms with Gasteiger partial charge in [0.25, 0.3) is 0 Å². The molecule has 0 radical (unpaired) electrons. The summed E-state index contributed by atoms with van der Waals surface area (Å²) in [5, 5.41) is 1.79. The second kappa shape index (κ2) is 8.92. The van der Waals surface area contributed by atoms with Gasteiger partial charge in [-0.05, 0) is 43.5 Å². The van der Waals surface area contributed by atoms with E-state index in [0.717, 1.165) is 46.7 Å². The van der Waals surface area contributed by atoms with Gasteiger partial charge >= 0.3 is 6.18 Å². The van der Waals surface area contributed by atoms with Crippen LogP contribution in [0.15, 0.2) is 36.4 Å². The molecule has 3 aromatic rings. The Labute approximate surface area is 194 Å². The van der Waals surface area contributed by atoms with E-state index in [-0.39, 0.29) is 18.8 Å². The van der Waals surface area contributed by atoms with E-state index < -0.39 is 18.8 Å². The van der Waals surface area contributed by atoms with Crippen molar-refractivity contribution in [3.63, 3.8) is 0 Å². The first-order valence-electron chi connectivity index (χ1n) is 11.3. The van der Waals surface area contributed by atoms with Gasteiger partial charge < -0.3 is 9.72 Å². The third-order valence-corrected chi connectivity index (χ3v) is 7.59. The molecule has 2 aliphatic rings. The quantitative estimate of drug-likeness (QED) is 0.449. The van der Waals surface area contributed by atoms with Gasteiger partial charge in [-0.2, -0.15) is 13.2 Å². The van der Waals surface area contributed by atoms with Gasteiger partial charge in [-0.3, -0.25) is 14.2 Å². The summed E-state index contributed by atoms with van der Waals surface area (Å²) in [5.41, 5.74) is 2.89. The molecule has 1 fully saturated rings. The van der Waals surface area contributed by atoms with Crippen LogP contribution in [0, 0.1) is 0 Å². The molecule has 0 aliphatic carbocycles. The van der Waals surface area contributed by atoms with Crippen LogP contribution in [0.25, 0.3) is 10.9 Å². The fourth-order valence-electron chi connectivity index (χ4n) is 5.04. The number of hydrogen-bond acceptors (Lipinski definition) is 4. The number of halogens is 4. The van der Waals surface area contributed by atoms with E-state index in [1.165, 1.54) is 11.3 Å². The highest BCUT2D eigenvalue weighted by atomic mass is 32.1. The van der Waals surface area contributed by atoms with Crippen LogP contribution in [0.3, 0.4) is 0 Å². The molecular formula is C24H27F4N3OS. The minimum absolute atomic E-state index is 0.0382. The Morgan fingerprint density at radius 1 is 1.15 bits per heavy atom. The first kappa shape index (κ1) is 22.7. The molecule has 4 nitrogen and oxygen atoms in total. The molecule has 2 atom stereocenters. The number of aromatic amines is 1. The molecule has 1 aromatic carbocycles. The fraction of sp³-hybridized carbons (Fsp3) is 0.500. The minimum Gasteiger partial charge on any atom is -0.478 e. The molecule has 178 valence electrons. The van der Waals surface area contributed by atoms with E-state index >= 15 is 0 Å². The van der Waals surface area contributed by atoms with Gasteiger partial charge in [0.05, 0.1) is 19.3 Å². The number of hydrogen-bond donors (Lipinski definition) is 1. The standard InChI is InChI=1S/C24H27F4N3OS/c1-15-11-18-17-5-2-3-6-19(17)29-22(18)23(31(15)14-24(26,27)28)20-7-8-21(33-20)32-16-12-30(13-16)10-4-9-25/h2-3,5-8,15-16,23,29H,4,9-14H2,1H3/t15-,23-/m1/s1. The summed E-state index contributed by atoms with van der Waals surface area (Å²) in [5.74, 6) is 0. The van der Waals surface area contributed by atoms with E-state index in [0.29, 0.717) is 17.9 Å². The Morgan fingerprint density at radius 2 is 1.94 bits per heavy atom. The summed E-state index contributed by atoms with van der Waals surface area (Å²) in [4.78, 5) is 7.95. The third kappa shape index (κ3) is 4.63. The smallest absolute Gasteiger partial charge is 0.401 e. The number of likely N-dealkylation sites (tertiary alicyclic amines) is 1. The number of benzene rings is 1. The van der Waals surface area contributed by atoms with Crippen molar-refractivity contribution in [3.8, 4) is 5.06 Å². The van der Waals surface area contributed by atoms with Crippen LogP contribution in [-0.2, 0) is 6.42 Å². The van der Waals surface area contributed by atoms with Crippen molar-refractivity contribution in [2.24, 2.45) is 0 Å². The van der Waals surface area contributed by atoms with Crippen molar-refractivity contribution in [1.82, 2.24) is 14.8 Å². The van der Waals surface area contributed by atoms with Crippen molar-refractivity contribution in [2.45, 2.75) is 44.1 Å². The first-order valence-corrected chi connectivity index (χ1v) is 12.1. The maximum Gasteiger partial charge on any atom is 0.401 e. The van der Waals surface area contributed by atoms with Crippen molar-refractivity contribution < 1.29 is 22.3 Å². The number of nitrogens with one attached hydrogen (secondary N) is 1. The van der Waals surface area contributed by atoms with Crippen LogP contribution < -0.4 is 4.74 Å². The SMILES string of the molecule is C[C@@H]1Cc2c([nH]c3ccccc23)[C@@H](c2ccc(OC3CN(CCCF)C3)s2)N1CC(F)(F)F. The van der Waals surface area contributed by atoms with Gasteiger partial charge in [0.15, 0.2) is 5.06 Å². The Hall–Kier alpha value is -2.10. The predicted octanol–water partition coefficient (Wildman–Crippen LogP) is 5.55. The Morgan fingerprint density at radius 3 is 2.70 bits per heavy atom. The zero-order valence-electron chi connectivity index (χ0n) is 18.4. The van der Waals surface area contributed by atoms with Crippen molar-refractivity contribution >= 4 is 22.2 Å². The number of aromatic nitrogens is 1. The molecule has 1 N–H and O–H groups in total. The van der Waals surface area contributed by atoms with Gasteiger partial charge in [0.1, 0.15) is 6.10 Å². The zero-order chi connectivity index (χ0) is 23.2. The van der Waals surface area contributed by atoms with E-state index in [2.05, 4.69) is 9.88 Å². The summed E-state index contributed by atoms with van der Waals surface area (Å²) in [6.45, 7) is 2.81. The number of para-hydroxylation sites is 1. The van der Waals surface area contributed by atoms with Gasteiger partial charge in [-0.15, -0.1) is 11.3 Å². The van der Waals surface area contributed by atoms with E-state index in [4.69, 9.17) is 4.74 Å². The van der Waals surface area contributed by atoms with E-state index in [9.17, 15) is 17.6 Å². The van der Waals surface area contributed by atoms with E-state index in [1.54, 1.807) is 4.90 Å². The molecule has 0 spiro atoms. The maximum atomic E-state index is 13.5. The third-order valence-electron chi connectivity index (χ3n) is 6.57. The monoisotopic (exact) mass is 481 g/mol. The first-order chi connectivity index (χ1) is 15.8. The minimum atomic E-state index is -4.29. The fourth-order valence-corrected chi connectivity index (χ4v) is 6.09. The summed E-state index contributed by atoms with van der Waals surface area (Å²) in [6, 6.07) is 10.9. The van der Waals surface area contributed by atoms with Gasteiger partial charge in [0.2, 0.25) is 0 Å². The molecule has 1 saturated heterocycles. The molecule has 33 heavy (non-hydrogen) atoms. The normalized spacial score (nSPS) is 22.5. The maximum absolute atomic E-state index is 13.5. The Kier molecular flexibility index (Phi) is 6.13. The highest BCUT2D eigenvalue weighted by Crippen LogP contribution is 2.45. The van der Waals surface area contributed by atoms with Crippen LogP contribution >= 0.6 is 11.3 Å². The second-order valence-electron chi connectivity index (χ2n) is 9.00. The molecule has 2 aliphatic heterocycles. The highest BCUT2D eigenvalue weighted by molar-refractivity contribution is 7.13. The number of H-pyrrole nitrogens is 1. The predicted molar refractivity (Wildman–Crippen MR) is 122 cm³/mol. The summed E-state index contributed by atoms with van der Waals surface area (Å²) in [6.07, 6.45) is -3.16. The lowest BCUT2D eigenvalue weighted by Gasteiger charge is -2.40. The molecule has 0 bridgehead atoms. The molecule has 4 heterocycles. The molecule has 0 saturated carbocycles. The summed E-state index contributed by atoms with van der Waals surface area (Å²) in [7, 11) is 0. The number of nitrogens with zero attached hydrogens (tertiary/aromatic N) is 2. The van der Waals surface area contributed by atoms with Crippen molar-refractivity contribution in [3.05, 3.63) is 52.5 Å². The molecule has 5 rings (SSSR count). The number of alkyl halides is 4. The Bertz CT molecular complexity index is 1100. The lowest BCUT2D eigenvalue weighted by molar-refractivity contribution is -0.155.